The predicted molar refractivity (Wildman–Crippen MR) is 79.2 cm³/mol. The zero-order chi connectivity index (χ0) is 14.8. The van der Waals surface area contributed by atoms with Gasteiger partial charge in [-0.2, -0.15) is 8.42 Å². The number of rotatable bonds is 8. The van der Waals surface area contributed by atoms with Crippen LogP contribution in [0.25, 0.3) is 0 Å². The molecule has 0 amide bonds. The first-order valence-electron chi connectivity index (χ1n) is 7.83. The van der Waals surface area contributed by atoms with Crippen LogP contribution < -0.4 is 0 Å². The lowest BCUT2D eigenvalue weighted by molar-refractivity contribution is -0.111. The minimum Gasteiger partial charge on any atom is -0.381 e. The molecule has 0 saturated heterocycles. The van der Waals surface area contributed by atoms with Crippen molar-refractivity contribution in [2.75, 3.05) is 19.0 Å². The molecule has 0 unspecified atom stereocenters. The second-order valence-electron chi connectivity index (χ2n) is 7.09. The molecule has 20 heavy (non-hydrogen) atoms. The highest BCUT2D eigenvalue weighted by molar-refractivity contribution is 7.85. The van der Waals surface area contributed by atoms with E-state index in [1.165, 1.54) is 19.3 Å². The van der Waals surface area contributed by atoms with E-state index in [1.54, 1.807) is 0 Å². The molecule has 3 aliphatic rings. The quantitative estimate of drug-likeness (QED) is 0.553. The Morgan fingerprint density at radius 1 is 1.20 bits per heavy atom. The van der Waals surface area contributed by atoms with E-state index in [2.05, 4.69) is 13.8 Å². The Bertz CT molecular complexity index is 414. The van der Waals surface area contributed by atoms with Crippen molar-refractivity contribution in [3.8, 4) is 0 Å². The van der Waals surface area contributed by atoms with Crippen LogP contribution in [0.15, 0.2) is 0 Å². The largest absolute Gasteiger partial charge is 0.381 e. The fourth-order valence-corrected chi connectivity index (χ4v) is 4.70. The van der Waals surface area contributed by atoms with E-state index in [4.69, 9.17) is 9.29 Å². The van der Waals surface area contributed by atoms with E-state index in [9.17, 15) is 8.42 Å². The fraction of sp³-hybridized carbons (Fsp3) is 1.00. The number of fused-ring (bicyclic) bond motifs is 2. The minimum atomic E-state index is -3.80. The van der Waals surface area contributed by atoms with Gasteiger partial charge >= 0.3 is 0 Å². The molecule has 3 saturated carbocycles. The summed E-state index contributed by atoms with van der Waals surface area (Å²) >= 11 is 0. The molecule has 2 bridgehead atoms. The van der Waals surface area contributed by atoms with Gasteiger partial charge in [0, 0.05) is 13.2 Å². The van der Waals surface area contributed by atoms with Crippen LogP contribution in [0.5, 0.6) is 0 Å². The third-order valence-corrected chi connectivity index (χ3v) is 6.38. The third kappa shape index (κ3) is 3.95. The SMILES string of the molecule is CC1(C)[C@H]2CC[C@@H](CCOCCCCS(=O)(=O)O)[C@@H]1C2. The van der Waals surface area contributed by atoms with Gasteiger partial charge in [0.25, 0.3) is 10.1 Å². The Hall–Kier alpha value is -0.130. The maximum atomic E-state index is 10.5. The molecular weight excluding hydrogens is 276 g/mol. The highest BCUT2D eigenvalue weighted by atomic mass is 32.2. The maximum Gasteiger partial charge on any atom is 0.264 e. The van der Waals surface area contributed by atoms with E-state index in [1.807, 2.05) is 0 Å². The number of hydrogen-bond acceptors (Lipinski definition) is 3. The van der Waals surface area contributed by atoms with Crippen LogP contribution in [0.2, 0.25) is 0 Å². The molecule has 118 valence electrons. The molecular formula is C15H28O4S. The van der Waals surface area contributed by atoms with Crippen molar-refractivity contribution >= 4 is 10.1 Å². The van der Waals surface area contributed by atoms with Gasteiger partial charge in [-0.15, -0.1) is 0 Å². The van der Waals surface area contributed by atoms with Crippen molar-refractivity contribution in [3.63, 3.8) is 0 Å². The second-order valence-corrected chi connectivity index (χ2v) is 8.66. The van der Waals surface area contributed by atoms with Crippen LogP contribution in [0.1, 0.15) is 52.4 Å². The predicted octanol–water partition coefficient (Wildman–Crippen LogP) is 3.13. The molecule has 0 heterocycles. The summed E-state index contributed by atoms with van der Waals surface area (Å²) in [6.07, 6.45) is 6.44. The molecule has 0 aromatic carbocycles. The summed E-state index contributed by atoms with van der Waals surface area (Å²) in [6, 6.07) is 0. The van der Waals surface area contributed by atoms with E-state index < -0.39 is 10.1 Å². The van der Waals surface area contributed by atoms with Crippen molar-refractivity contribution in [3.05, 3.63) is 0 Å². The summed E-state index contributed by atoms with van der Waals surface area (Å²) in [5.41, 5.74) is 0.540. The Labute approximate surface area is 123 Å². The monoisotopic (exact) mass is 304 g/mol. The zero-order valence-electron chi connectivity index (χ0n) is 12.7. The molecule has 0 aromatic heterocycles. The molecule has 1 N–H and O–H groups in total. The molecule has 3 rings (SSSR count). The zero-order valence-corrected chi connectivity index (χ0v) is 13.5. The second kappa shape index (κ2) is 6.32. The number of hydrogen-bond donors (Lipinski definition) is 1. The summed E-state index contributed by atoms with van der Waals surface area (Å²) in [4.78, 5) is 0. The van der Waals surface area contributed by atoms with Gasteiger partial charge in [-0.1, -0.05) is 13.8 Å². The summed E-state index contributed by atoms with van der Waals surface area (Å²) in [5.74, 6) is 2.48. The van der Waals surface area contributed by atoms with Crippen LogP contribution in [-0.2, 0) is 14.9 Å². The molecule has 4 nitrogen and oxygen atoms in total. The van der Waals surface area contributed by atoms with Crippen LogP contribution in [0.3, 0.4) is 0 Å². The van der Waals surface area contributed by atoms with E-state index in [0.717, 1.165) is 30.8 Å². The van der Waals surface area contributed by atoms with Gasteiger partial charge in [0.2, 0.25) is 0 Å². The van der Waals surface area contributed by atoms with Crippen LogP contribution in [0, 0.1) is 23.2 Å². The lowest BCUT2D eigenvalue weighted by Gasteiger charge is -2.60. The van der Waals surface area contributed by atoms with Gasteiger partial charge in [-0.3, -0.25) is 4.55 Å². The highest BCUT2D eigenvalue weighted by Gasteiger charge is 2.53. The first-order valence-corrected chi connectivity index (χ1v) is 9.44. The normalized spacial score (nSPS) is 31.9. The summed E-state index contributed by atoms with van der Waals surface area (Å²) in [7, 11) is -3.80. The maximum absolute atomic E-state index is 10.5. The topological polar surface area (TPSA) is 63.6 Å². The van der Waals surface area contributed by atoms with Crippen molar-refractivity contribution in [2.24, 2.45) is 23.2 Å². The first kappa shape index (κ1) is 16.2. The van der Waals surface area contributed by atoms with E-state index in [-0.39, 0.29) is 5.75 Å². The van der Waals surface area contributed by atoms with Gasteiger partial charge in [0.05, 0.1) is 5.75 Å². The Kier molecular flexibility index (Phi) is 5.14. The summed E-state index contributed by atoms with van der Waals surface area (Å²) in [6.45, 7) is 6.20. The first-order chi connectivity index (χ1) is 9.31. The van der Waals surface area contributed by atoms with Crippen molar-refractivity contribution in [2.45, 2.75) is 52.4 Å². The molecule has 3 fully saturated rings. The standard InChI is InChI=1S/C15H28O4S/c1-15(2)13-6-5-12(14(15)11-13)7-9-19-8-3-4-10-20(16,17)18/h12-14H,3-11H2,1-2H3,(H,16,17,18)/t12-,13-,14-/m0/s1. The van der Waals surface area contributed by atoms with Crippen molar-refractivity contribution in [1.82, 2.24) is 0 Å². The Balaban J connectivity index is 1.54. The van der Waals surface area contributed by atoms with Gasteiger partial charge < -0.3 is 4.74 Å². The number of unbranched alkanes of at least 4 members (excludes halogenated alkanes) is 1. The van der Waals surface area contributed by atoms with Gasteiger partial charge in [0.1, 0.15) is 0 Å². The van der Waals surface area contributed by atoms with E-state index >= 15 is 0 Å². The summed E-state index contributed by atoms with van der Waals surface area (Å²) < 4.78 is 35.3. The molecule has 0 spiro atoms. The minimum absolute atomic E-state index is 0.156. The number of ether oxygens (including phenoxy) is 1. The van der Waals surface area contributed by atoms with Crippen LogP contribution in [0.4, 0.5) is 0 Å². The molecule has 3 atom stereocenters. The van der Waals surface area contributed by atoms with Crippen LogP contribution >= 0.6 is 0 Å². The highest BCUT2D eigenvalue weighted by Crippen LogP contribution is 2.61. The fourth-order valence-electron chi connectivity index (χ4n) is 4.13. The van der Waals surface area contributed by atoms with E-state index in [0.29, 0.717) is 24.9 Å². The van der Waals surface area contributed by atoms with Gasteiger partial charge in [-0.25, -0.2) is 0 Å². The lowest BCUT2D eigenvalue weighted by atomic mass is 9.45. The van der Waals surface area contributed by atoms with Crippen molar-refractivity contribution in [1.29, 1.82) is 0 Å². The van der Waals surface area contributed by atoms with Crippen LogP contribution in [-0.4, -0.2) is 31.9 Å². The molecule has 3 aliphatic carbocycles. The smallest absolute Gasteiger partial charge is 0.264 e. The molecule has 0 aliphatic heterocycles. The van der Waals surface area contributed by atoms with Gasteiger partial charge in [-0.05, 0) is 61.7 Å². The van der Waals surface area contributed by atoms with Crippen molar-refractivity contribution < 1.29 is 17.7 Å². The Morgan fingerprint density at radius 2 is 1.95 bits per heavy atom. The average Bonchev–Trinajstić information content (AvgIpc) is 2.36. The average molecular weight is 304 g/mol. The Morgan fingerprint density at radius 3 is 2.55 bits per heavy atom. The summed E-state index contributed by atoms with van der Waals surface area (Å²) in [5, 5.41) is 0. The lowest BCUT2D eigenvalue weighted by Crippen LogP contribution is -2.52. The molecule has 5 heteroatoms. The van der Waals surface area contributed by atoms with Gasteiger partial charge in [0.15, 0.2) is 0 Å². The molecule has 0 aromatic rings. The molecule has 0 radical (unpaired) electrons. The third-order valence-electron chi connectivity index (χ3n) is 5.58.